The summed E-state index contributed by atoms with van der Waals surface area (Å²) in [6, 6.07) is 11.4. The number of hydrogen-bond donors (Lipinski definition) is 2. The number of carbonyl (C=O) groups is 2. The Morgan fingerprint density at radius 2 is 1.94 bits per heavy atom. The van der Waals surface area contributed by atoms with E-state index in [2.05, 4.69) is 15.6 Å². The number of ether oxygens (including phenoxy) is 1. The van der Waals surface area contributed by atoms with Crippen molar-refractivity contribution in [2.24, 2.45) is 0 Å². The average molecular weight is 440 g/mol. The lowest BCUT2D eigenvalue weighted by Gasteiger charge is -2.15. The van der Waals surface area contributed by atoms with Crippen LogP contribution in [0.3, 0.4) is 0 Å². The molecule has 0 bridgehead atoms. The van der Waals surface area contributed by atoms with Crippen LogP contribution >= 0.6 is 0 Å². The minimum atomic E-state index is -1.03. The van der Waals surface area contributed by atoms with Crippen LogP contribution in [0.2, 0.25) is 0 Å². The summed E-state index contributed by atoms with van der Waals surface area (Å²) in [6.07, 6.45) is 1.79. The van der Waals surface area contributed by atoms with E-state index in [0.717, 1.165) is 11.3 Å². The van der Waals surface area contributed by atoms with Gasteiger partial charge in [0.05, 0.1) is 31.3 Å². The van der Waals surface area contributed by atoms with Crippen LogP contribution < -0.4 is 10.1 Å². The average Bonchev–Trinajstić information content (AvgIpc) is 3.22. The third kappa shape index (κ3) is 5.69. The van der Waals surface area contributed by atoms with Gasteiger partial charge in [-0.3, -0.25) is 9.59 Å². The third-order valence-electron chi connectivity index (χ3n) is 4.89. The highest BCUT2D eigenvalue weighted by atomic mass is 19.1. The summed E-state index contributed by atoms with van der Waals surface area (Å²) in [7, 11) is 0. The van der Waals surface area contributed by atoms with Crippen molar-refractivity contribution >= 4 is 11.9 Å². The van der Waals surface area contributed by atoms with Crippen LogP contribution in [0.1, 0.15) is 42.6 Å². The van der Waals surface area contributed by atoms with Crippen LogP contribution in [0, 0.1) is 5.82 Å². The lowest BCUT2D eigenvalue weighted by atomic mass is 10.1. The first-order chi connectivity index (χ1) is 15.4. The molecule has 0 unspecified atom stereocenters. The van der Waals surface area contributed by atoms with E-state index in [0.29, 0.717) is 25.3 Å². The molecule has 0 fully saturated rings. The van der Waals surface area contributed by atoms with Crippen molar-refractivity contribution in [3.05, 3.63) is 65.6 Å². The molecular formula is C23H25FN4O4. The van der Waals surface area contributed by atoms with Crippen molar-refractivity contribution in [2.45, 2.75) is 39.3 Å². The predicted octanol–water partition coefficient (Wildman–Crippen LogP) is 3.51. The minimum absolute atomic E-state index is 0.141. The zero-order chi connectivity index (χ0) is 23.1. The molecule has 0 aliphatic heterocycles. The van der Waals surface area contributed by atoms with Crippen molar-refractivity contribution in [2.75, 3.05) is 6.61 Å². The molecule has 32 heavy (non-hydrogen) atoms. The topological polar surface area (TPSA) is 106 Å². The van der Waals surface area contributed by atoms with Crippen molar-refractivity contribution in [3.63, 3.8) is 0 Å². The van der Waals surface area contributed by atoms with Gasteiger partial charge >= 0.3 is 5.97 Å². The number of aliphatic carboxylic acids is 1. The Labute approximate surface area is 185 Å². The highest BCUT2D eigenvalue weighted by Gasteiger charge is 2.21. The van der Waals surface area contributed by atoms with Crippen molar-refractivity contribution in [3.8, 4) is 17.0 Å². The zero-order valence-electron chi connectivity index (χ0n) is 17.9. The van der Waals surface area contributed by atoms with Crippen LogP contribution in [0.4, 0.5) is 4.39 Å². The van der Waals surface area contributed by atoms with Gasteiger partial charge in [0.2, 0.25) is 0 Å². The molecule has 0 aliphatic carbocycles. The van der Waals surface area contributed by atoms with Crippen molar-refractivity contribution < 1.29 is 23.8 Å². The number of carboxylic acid groups (broad SMARTS) is 1. The molecule has 8 nitrogen and oxygen atoms in total. The normalized spacial score (nSPS) is 11.7. The summed E-state index contributed by atoms with van der Waals surface area (Å²) >= 11 is 0. The Hall–Kier alpha value is -3.75. The quantitative estimate of drug-likeness (QED) is 0.500. The predicted molar refractivity (Wildman–Crippen MR) is 116 cm³/mol. The number of hydrogen-bond acceptors (Lipinski definition) is 5. The van der Waals surface area contributed by atoms with Crippen molar-refractivity contribution in [1.29, 1.82) is 0 Å². The van der Waals surface area contributed by atoms with Gasteiger partial charge in [-0.2, -0.15) is 0 Å². The summed E-state index contributed by atoms with van der Waals surface area (Å²) in [5, 5.41) is 19.6. The fourth-order valence-electron chi connectivity index (χ4n) is 3.22. The monoisotopic (exact) mass is 440 g/mol. The van der Waals surface area contributed by atoms with Crippen LogP contribution in [-0.2, 0) is 11.3 Å². The summed E-state index contributed by atoms with van der Waals surface area (Å²) in [6.45, 7) is 4.70. The lowest BCUT2D eigenvalue weighted by Crippen LogP contribution is -2.36. The number of rotatable bonds is 10. The van der Waals surface area contributed by atoms with Crippen molar-refractivity contribution in [1.82, 2.24) is 20.3 Å². The van der Waals surface area contributed by atoms with Crippen LogP contribution in [-0.4, -0.2) is 44.6 Å². The maximum Gasteiger partial charge on any atom is 0.305 e. The van der Waals surface area contributed by atoms with E-state index in [1.54, 1.807) is 23.9 Å². The number of aromatic nitrogens is 3. The molecule has 1 heterocycles. The van der Waals surface area contributed by atoms with Gasteiger partial charge in [0.15, 0.2) is 0 Å². The molecule has 168 valence electrons. The van der Waals surface area contributed by atoms with E-state index in [4.69, 9.17) is 9.84 Å². The van der Waals surface area contributed by atoms with Gasteiger partial charge in [-0.05, 0) is 43.2 Å². The molecule has 0 saturated carbocycles. The van der Waals surface area contributed by atoms with E-state index in [9.17, 15) is 9.59 Å². The molecule has 2 N–H and O–H groups in total. The summed E-state index contributed by atoms with van der Waals surface area (Å²) in [4.78, 5) is 23.4. The Balaban J connectivity index is 1.75. The second kappa shape index (κ2) is 10.5. The maximum atomic E-state index is 15.1. The fourth-order valence-corrected chi connectivity index (χ4v) is 3.22. The largest absolute Gasteiger partial charge is 0.494 e. The van der Waals surface area contributed by atoms with E-state index < -0.39 is 23.7 Å². The van der Waals surface area contributed by atoms with Gasteiger partial charge in [0.25, 0.3) is 5.91 Å². The second-order valence-electron chi connectivity index (χ2n) is 7.22. The molecule has 3 rings (SSSR count). The molecule has 0 radical (unpaired) electrons. The highest BCUT2D eigenvalue weighted by molar-refractivity contribution is 5.96. The SMILES string of the molecule is CCOc1ccc(Cn2cc(-c3cccc(C(=O)N[C@@H](CC)CC(=O)O)c3F)nn2)cc1. The van der Waals surface area contributed by atoms with Crippen LogP contribution in [0.15, 0.2) is 48.7 Å². The molecule has 1 atom stereocenters. The standard InChI is InChI=1S/C23H25FN4O4/c1-3-16(12-21(29)30)25-23(31)19-7-5-6-18(22(19)24)20-14-28(27-26-20)13-15-8-10-17(11-9-15)32-4-2/h5-11,14,16H,3-4,12-13H2,1-2H3,(H,25,31)(H,29,30)/t16-/m0/s1. The Bertz CT molecular complexity index is 1080. The zero-order valence-corrected chi connectivity index (χ0v) is 17.9. The Morgan fingerprint density at radius 3 is 2.59 bits per heavy atom. The molecule has 0 aliphatic rings. The first kappa shape index (κ1) is 22.9. The minimum Gasteiger partial charge on any atom is -0.494 e. The second-order valence-corrected chi connectivity index (χ2v) is 7.22. The maximum absolute atomic E-state index is 15.1. The van der Waals surface area contributed by atoms with E-state index in [1.807, 2.05) is 31.2 Å². The molecule has 2 aromatic carbocycles. The first-order valence-electron chi connectivity index (χ1n) is 10.3. The number of carbonyl (C=O) groups excluding carboxylic acids is 1. The third-order valence-corrected chi connectivity index (χ3v) is 4.89. The van der Waals surface area contributed by atoms with E-state index in [-0.39, 0.29) is 17.5 Å². The number of amides is 1. The number of carboxylic acids is 1. The van der Waals surface area contributed by atoms with E-state index in [1.165, 1.54) is 12.1 Å². The molecule has 0 saturated heterocycles. The number of nitrogens with one attached hydrogen (secondary N) is 1. The van der Waals surface area contributed by atoms with Gasteiger partial charge in [0, 0.05) is 11.6 Å². The molecule has 1 aromatic heterocycles. The van der Waals surface area contributed by atoms with Gasteiger partial charge in [-0.1, -0.05) is 30.3 Å². The fraction of sp³-hybridized carbons (Fsp3) is 0.304. The van der Waals surface area contributed by atoms with Crippen LogP contribution in [0.5, 0.6) is 5.75 Å². The molecular weight excluding hydrogens is 415 g/mol. The number of nitrogens with zero attached hydrogens (tertiary/aromatic N) is 3. The van der Waals surface area contributed by atoms with Gasteiger partial charge in [-0.25, -0.2) is 9.07 Å². The smallest absolute Gasteiger partial charge is 0.305 e. The molecule has 9 heteroatoms. The Morgan fingerprint density at radius 1 is 1.19 bits per heavy atom. The van der Waals surface area contributed by atoms with E-state index >= 15 is 4.39 Å². The highest BCUT2D eigenvalue weighted by Crippen LogP contribution is 2.23. The van der Waals surface area contributed by atoms with Gasteiger partial charge < -0.3 is 15.2 Å². The summed E-state index contributed by atoms with van der Waals surface area (Å²) in [5.74, 6) is -1.65. The molecule has 1 amide bonds. The van der Waals surface area contributed by atoms with Gasteiger partial charge in [-0.15, -0.1) is 5.10 Å². The summed E-state index contributed by atoms with van der Waals surface area (Å²) < 4.78 is 22.1. The number of halogens is 1. The number of benzene rings is 2. The summed E-state index contributed by atoms with van der Waals surface area (Å²) in [5.41, 5.74) is 1.23. The molecule has 0 spiro atoms. The Kier molecular flexibility index (Phi) is 7.54. The lowest BCUT2D eigenvalue weighted by molar-refractivity contribution is -0.137. The molecule has 3 aromatic rings. The van der Waals surface area contributed by atoms with Gasteiger partial charge in [0.1, 0.15) is 17.3 Å². The van der Waals surface area contributed by atoms with Crippen LogP contribution in [0.25, 0.3) is 11.3 Å². The first-order valence-corrected chi connectivity index (χ1v) is 10.3.